The van der Waals surface area contributed by atoms with Crippen molar-refractivity contribution in [1.82, 2.24) is 0 Å². The molecule has 2 fully saturated rings. The lowest BCUT2D eigenvalue weighted by molar-refractivity contribution is -0.122. The van der Waals surface area contributed by atoms with Gasteiger partial charge in [-0.25, -0.2) is 0 Å². The van der Waals surface area contributed by atoms with Gasteiger partial charge < -0.3 is 24.6 Å². The molecule has 2 saturated heterocycles. The topological polar surface area (TPSA) is 88.2 Å². The van der Waals surface area contributed by atoms with Crippen molar-refractivity contribution >= 4 is 34.8 Å². The average Bonchev–Trinajstić information content (AvgIpc) is 3.39. The van der Waals surface area contributed by atoms with Gasteiger partial charge in [-0.3, -0.25) is 14.4 Å². The van der Waals surface area contributed by atoms with Gasteiger partial charge in [0.25, 0.3) is 0 Å². The van der Waals surface area contributed by atoms with Crippen LogP contribution in [0.25, 0.3) is 0 Å². The Morgan fingerprint density at radius 1 is 1.00 bits per heavy atom. The van der Waals surface area contributed by atoms with Gasteiger partial charge in [-0.2, -0.15) is 0 Å². The second-order valence-corrected chi connectivity index (χ2v) is 7.63. The first kappa shape index (κ1) is 20.7. The summed E-state index contributed by atoms with van der Waals surface area (Å²) < 4.78 is 10.5. The van der Waals surface area contributed by atoms with E-state index in [4.69, 9.17) is 9.47 Å². The van der Waals surface area contributed by atoms with Crippen molar-refractivity contribution in [1.29, 1.82) is 0 Å². The molecule has 8 nitrogen and oxygen atoms in total. The number of amides is 3. The summed E-state index contributed by atoms with van der Waals surface area (Å²) >= 11 is 0. The molecule has 1 atom stereocenters. The lowest BCUT2D eigenvalue weighted by Gasteiger charge is -2.20. The zero-order chi connectivity index (χ0) is 22.0. The van der Waals surface area contributed by atoms with Crippen LogP contribution < -0.4 is 24.6 Å². The van der Waals surface area contributed by atoms with E-state index in [-0.39, 0.29) is 24.1 Å². The molecule has 0 saturated carbocycles. The van der Waals surface area contributed by atoms with Crippen molar-refractivity contribution in [3.05, 3.63) is 42.5 Å². The molecule has 3 amide bonds. The molecule has 8 heteroatoms. The third kappa shape index (κ3) is 4.19. The Hall–Kier alpha value is -3.55. The minimum absolute atomic E-state index is 0.0401. The van der Waals surface area contributed by atoms with E-state index in [1.54, 1.807) is 66.5 Å². The molecule has 2 aromatic rings. The first-order valence-corrected chi connectivity index (χ1v) is 10.2. The van der Waals surface area contributed by atoms with Crippen molar-refractivity contribution in [2.75, 3.05) is 42.4 Å². The van der Waals surface area contributed by atoms with Gasteiger partial charge in [0, 0.05) is 37.3 Å². The van der Waals surface area contributed by atoms with E-state index in [9.17, 15) is 14.4 Å². The van der Waals surface area contributed by atoms with Crippen molar-refractivity contribution in [2.45, 2.75) is 19.3 Å². The summed E-state index contributed by atoms with van der Waals surface area (Å²) in [6.45, 7) is 0.936. The molecule has 1 N–H and O–H groups in total. The molecule has 0 radical (unpaired) electrons. The fraction of sp³-hybridized carbons (Fsp3) is 0.348. The number of ether oxygens (including phenoxy) is 2. The first-order valence-electron chi connectivity index (χ1n) is 10.2. The van der Waals surface area contributed by atoms with E-state index in [0.29, 0.717) is 42.4 Å². The second kappa shape index (κ2) is 8.67. The standard InChI is InChI=1S/C23H25N3O5/c1-30-18-8-6-17(7-9-18)26-14-15(12-22(26)28)23(29)24-16-5-10-20(31-2)19(13-16)25-11-3-4-21(25)27/h5-10,13,15H,3-4,11-12,14H2,1-2H3,(H,24,29). The van der Waals surface area contributed by atoms with Crippen LogP contribution in [0.2, 0.25) is 0 Å². The number of anilines is 3. The normalized spacial score (nSPS) is 18.5. The number of carbonyl (C=O) groups is 3. The number of carbonyl (C=O) groups excluding carboxylic acids is 3. The van der Waals surface area contributed by atoms with Crippen LogP contribution in [0.3, 0.4) is 0 Å². The number of nitrogens with zero attached hydrogens (tertiary/aromatic N) is 2. The maximum atomic E-state index is 12.9. The molecule has 0 spiro atoms. The van der Waals surface area contributed by atoms with Crippen molar-refractivity contribution in [2.24, 2.45) is 5.92 Å². The largest absolute Gasteiger partial charge is 0.497 e. The highest BCUT2D eigenvalue weighted by molar-refractivity contribution is 6.04. The lowest BCUT2D eigenvalue weighted by Crippen LogP contribution is -2.28. The molecule has 0 aliphatic carbocycles. The zero-order valence-electron chi connectivity index (χ0n) is 17.6. The van der Waals surface area contributed by atoms with Crippen LogP contribution >= 0.6 is 0 Å². The number of rotatable bonds is 6. The van der Waals surface area contributed by atoms with Crippen LogP contribution in [0, 0.1) is 5.92 Å². The van der Waals surface area contributed by atoms with Gasteiger partial charge in [0.1, 0.15) is 11.5 Å². The summed E-state index contributed by atoms with van der Waals surface area (Å²) in [5, 5.41) is 2.89. The smallest absolute Gasteiger partial charge is 0.229 e. The fourth-order valence-corrected chi connectivity index (χ4v) is 4.02. The van der Waals surface area contributed by atoms with E-state index in [1.165, 1.54) is 0 Å². The van der Waals surface area contributed by atoms with Crippen molar-refractivity contribution < 1.29 is 23.9 Å². The summed E-state index contributed by atoms with van der Waals surface area (Å²) in [4.78, 5) is 40.8. The van der Waals surface area contributed by atoms with Gasteiger partial charge >= 0.3 is 0 Å². The number of methoxy groups -OCH3 is 2. The molecule has 162 valence electrons. The Morgan fingerprint density at radius 3 is 2.42 bits per heavy atom. The predicted octanol–water partition coefficient (Wildman–Crippen LogP) is 2.82. The monoisotopic (exact) mass is 423 g/mol. The quantitative estimate of drug-likeness (QED) is 0.772. The molecule has 2 aromatic carbocycles. The Labute approximate surface area is 180 Å². The van der Waals surface area contributed by atoms with Crippen LogP contribution in [-0.2, 0) is 14.4 Å². The molecule has 0 aromatic heterocycles. The highest BCUT2D eigenvalue weighted by Crippen LogP contribution is 2.34. The number of hydrogen-bond donors (Lipinski definition) is 1. The molecule has 1 unspecified atom stereocenters. The van der Waals surface area contributed by atoms with E-state index < -0.39 is 5.92 Å². The van der Waals surface area contributed by atoms with E-state index in [0.717, 1.165) is 12.1 Å². The number of benzene rings is 2. The molecule has 0 bridgehead atoms. The van der Waals surface area contributed by atoms with Crippen LogP contribution in [0.4, 0.5) is 17.1 Å². The predicted molar refractivity (Wildman–Crippen MR) is 117 cm³/mol. The van der Waals surface area contributed by atoms with Crippen molar-refractivity contribution in [3.8, 4) is 11.5 Å². The maximum Gasteiger partial charge on any atom is 0.229 e. The number of hydrogen-bond acceptors (Lipinski definition) is 5. The van der Waals surface area contributed by atoms with Crippen LogP contribution in [0.1, 0.15) is 19.3 Å². The zero-order valence-corrected chi connectivity index (χ0v) is 17.6. The van der Waals surface area contributed by atoms with E-state index in [2.05, 4.69) is 5.32 Å². The van der Waals surface area contributed by atoms with Crippen LogP contribution in [0.5, 0.6) is 11.5 Å². The molecule has 31 heavy (non-hydrogen) atoms. The average molecular weight is 423 g/mol. The van der Waals surface area contributed by atoms with Gasteiger partial charge in [-0.1, -0.05) is 0 Å². The number of nitrogens with one attached hydrogen (secondary N) is 1. The fourth-order valence-electron chi connectivity index (χ4n) is 4.02. The summed E-state index contributed by atoms with van der Waals surface area (Å²) in [6.07, 6.45) is 1.45. The Morgan fingerprint density at radius 2 is 1.77 bits per heavy atom. The summed E-state index contributed by atoms with van der Waals surface area (Å²) in [5.41, 5.74) is 1.95. The molecule has 2 aliphatic rings. The Balaban J connectivity index is 1.47. The lowest BCUT2D eigenvalue weighted by atomic mass is 10.1. The SMILES string of the molecule is COc1ccc(N2CC(C(=O)Nc3ccc(OC)c(N4CCCC4=O)c3)CC2=O)cc1. The van der Waals surface area contributed by atoms with Crippen LogP contribution in [0.15, 0.2) is 42.5 Å². The van der Waals surface area contributed by atoms with Gasteiger partial charge in [-0.05, 0) is 48.9 Å². The third-order valence-corrected chi connectivity index (χ3v) is 5.69. The highest BCUT2D eigenvalue weighted by Gasteiger charge is 2.35. The van der Waals surface area contributed by atoms with Gasteiger partial charge in [0.15, 0.2) is 0 Å². The third-order valence-electron chi connectivity index (χ3n) is 5.69. The summed E-state index contributed by atoms with van der Waals surface area (Å²) in [7, 11) is 3.14. The molecule has 2 heterocycles. The van der Waals surface area contributed by atoms with Gasteiger partial charge in [-0.15, -0.1) is 0 Å². The summed E-state index contributed by atoms with van der Waals surface area (Å²) in [5.74, 6) is 0.537. The molecule has 2 aliphatic heterocycles. The molecular weight excluding hydrogens is 398 g/mol. The van der Waals surface area contributed by atoms with E-state index in [1.807, 2.05) is 0 Å². The minimum atomic E-state index is -0.464. The highest BCUT2D eigenvalue weighted by atomic mass is 16.5. The maximum absolute atomic E-state index is 12.9. The Bertz CT molecular complexity index is 1000. The van der Waals surface area contributed by atoms with Gasteiger partial charge in [0.2, 0.25) is 17.7 Å². The molecular formula is C23H25N3O5. The minimum Gasteiger partial charge on any atom is -0.497 e. The molecule has 4 rings (SSSR count). The van der Waals surface area contributed by atoms with Gasteiger partial charge in [0.05, 0.1) is 25.8 Å². The first-order chi connectivity index (χ1) is 15.0. The van der Waals surface area contributed by atoms with E-state index >= 15 is 0 Å². The van der Waals surface area contributed by atoms with Crippen LogP contribution in [-0.4, -0.2) is 45.0 Å². The summed E-state index contributed by atoms with van der Waals surface area (Å²) in [6, 6.07) is 12.4. The van der Waals surface area contributed by atoms with Crippen molar-refractivity contribution in [3.63, 3.8) is 0 Å². The second-order valence-electron chi connectivity index (χ2n) is 7.63. The Kier molecular flexibility index (Phi) is 5.79.